The van der Waals surface area contributed by atoms with Gasteiger partial charge in [0.2, 0.25) is 11.8 Å². The van der Waals surface area contributed by atoms with Crippen molar-refractivity contribution in [1.29, 1.82) is 0 Å². The SMILES string of the molecule is C=CC(=O)NC=CN1CCCC1=O. The van der Waals surface area contributed by atoms with Gasteiger partial charge in [0.05, 0.1) is 0 Å². The highest BCUT2D eigenvalue weighted by atomic mass is 16.2. The first kappa shape index (κ1) is 9.51. The number of nitrogens with one attached hydrogen (secondary N) is 1. The van der Waals surface area contributed by atoms with Crippen LogP contribution in [0.25, 0.3) is 0 Å². The summed E-state index contributed by atoms with van der Waals surface area (Å²) in [6.07, 6.45) is 5.69. The fourth-order valence-electron chi connectivity index (χ4n) is 1.09. The molecule has 0 bridgehead atoms. The van der Waals surface area contributed by atoms with Crippen molar-refractivity contribution in [3.05, 3.63) is 25.1 Å². The smallest absolute Gasteiger partial charge is 0.247 e. The maximum atomic E-state index is 11.1. The van der Waals surface area contributed by atoms with E-state index < -0.39 is 0 Å². The van der Waals surface area contributed by atoms with Crippen LogP contribution >= 0.6 is 0 Å². The molecule has 70 valence electrons. The number of amides is 2. The van der Waals surface area contributed by atoms with Gasteiger partial charge in [0, 0.05) is 25.4 Å². The van der Waals surface area contributed by atoms with Gasteiger partial charge in [-0.3, -0.25) is 9.59 Å². The molecule has 0 spiro atoms. The molecule has 0 atom stereocenters. The van der Waals surface area contributed by atoms with Crippen molar-refractivity contribution in [1.82, 2.24) is 10.2 Å². The number of likely N-dealkylation sites (tertiary alicyclic amines) is 1. The zero-order chi connectivity index (χ0) is 9.68. The van der Waals surface area contributed by atoms with Crippen LogP contribution in [0.1, 0.15) is 12.8 Å². The second kappa shape index (κ2) is 4.45. The van der Waals surface area contributed by atoms with Crippen molar-refractivity contribution in [2.45, 2.75) is 12.8 Å². The van der Waals surface area contributed by atoms with Gasteiger partial charge in [-0.05, 0) is 12.5 Å². The maximum absolute atomic E-state index is 11.1. The third-order valence-electron chi connectivity index (χ3n) is 1.78. The molecular weight excluding hydrogens is 168 g/mol. The number of nitrogens with zero attached hydrogens (tertiary/aromatic N) is 1. The lowest BCUT2D eigenvalue weighted by Gasteiger charge is -2.07. The zero-order valence-corrected chi connectivity index (χ0v) is 7.32. The fraction of sp³-hybridized carbons (Fsp3) is 0.333. The Morgan fingerprint density at radius 3 is 2.92 bits per heavy atom. The minimum atomic E-state index is -0.275. The summed E-state index contributed by atoms with van der Waals surface area (Å²) < 4.78 is 0. The van der Waals surface area contributed by atoms with Crippen LogP contribution in [-0.4, -0.2) is 23.3 Å². The molecule has 0 aromatic heterocycles. The van der Waals surface area contributed by atoms with Crippen molar-refractivity contribution in [3.8, 4) is 0 Å². The van der Waals surface area contributed by atoms with E-state index >= 15 is 0 Å². The van der Waals surface area contributed by atoms with Crippen LogP contribution in [0.3, 0.4) is 0 Å². The third kappa shape index (κ3) is 2.74. The summed E-state index contributed by atoms with van der Waals surface area (Å²) in [7, 11) is 0. The summed E-state index contributed by atoms with van der Waals surface area (Å²) in [4.78, 5) is 23.3. The van der Waals surface area contributed by atoms with Crippen LogP contribution in [0, 0.1) is 0 Å². The number of carbonyl (C=O) groups excluding carboxylic acids is 2. The topological polar surface area (TPSA) is 49.4 Å². The van der Waals surface area contributed by atoms with Gasteiger partial charge in [0.1, 0.15) is 0 Å². The van der Waals surface area contributed by atoms with Gasteiger partial charge in [-0.1, -0.05) is 6.58 Å². The summed E-state index contributed by atoms with van der Waals surface area (Å²) in [5, 5.41) is 2.45. The molecule has 1 aliphatic heterocycles. The van der Waals surface area contributed by atoms with Crippen molar-refractivity contribution < 1.29 is 9.59 Å². The van der Waals surface area contributed by atoms with Crippen molar-refractivity contribution >= 4 is 11.8 Å². The van der Waals surface area contributed by atoms with Crippen LogP contribution in [0.15, 0.2) is 25.1 Å². The van der Waals surface area contributed by atoms with Crippen molar-refractivity contribution in [3.63, 3.8) is 0 Å². The van der Waals surface area contributed by atoms with Crippen LogP contribution in [-0.2, 0) is 9.59 Å². The molecule has 1 heterocycles. The minimum absolute atomic E-state index is 0.101. The minimum Gasteiger partial charge on any atom is -0.328 e. The molecule has 1 aliphatic rings. The van der Waals surface area contributed by atoms with Crippen LogP contribution in [0.5, 0.6) is 0 Å². The van der Waals surface area contributed by atoms with E-state index in [4.69, 9.17) is 0 Å². The Morgan fingerprint density at radius 2 is 2.38 bits per heavy atom. The quantitative estimate of drug-likeness (QED) is 0.638. The van der Waals surface area contributed by atoms with E-state index in [1.54, 1.807) is 11.1 Å². The molecule has 1 rings (SSSR count). The van der Waals surface area contributed by atoms with Gasteiger partial charge in [-0.15, -0.1) is 0 Å². The lowest BCUT2D eigenvalue weighted by Crippen LogP contribution is -2.20. The lowest BCUT2D eigenvalue weighted by atomic mass is 10.4. The molecule has 0 saturated carbocycles. The van der Waals surface area contributed by atoms with Crippen LogP contribution in [0.2, 0.25) is 0 Å². The molecule has 1 fully saturated rings. The van der Waals surface area contributed by atoms with E-state index in [1.165, 1.54) is 12.3 Å². The Labute approximate surface area is 76.9 Å². The van der Waals surface area contributed by atoms with Gasteiger partial charge >= 0.3 is 0 Å². The molecular formula is C9H12N2O2. The zero-order valence-electron chi connectivity index (χ0n) is 7.32. The Morgan fingerprint density at radius 1 is 1.62 bits per heavy atom. The van der Waals surface area contributed by atoms with Crippen molar-refractivity contribution in [2.24, 2.45) is 0 Å². The molecule has 13 heavy (non-hydrogen) atoms. The first-order valence-electron chi connectivity index (χ1n) is 4.13. The molecule has 0 radical (unpaired) electrons. The van der Waals surface area contributed by atoms with E-state index in [0.717, 1.165) is 13.0 Å². The molecule has 1 N–H and O–H groups in total. The van der Waals surface area contributed by atoms with E-state index in [-0.39, 0.29) is 11.8 Å². The number of carbonyl (C=O) groups is 2. The van der Waals surface area contributed by atoms with Crippen LogP contribution < -0.4 is 5.32 Å². The fourth-order valence-corrected chi connectivity index (χ4v) is 1.09. The molecule has 1 saturated heterocycles. The second-order valence-electron chi connectivity index (χ2n) is 2.72. The molecule has 4 heteroatoms. The third-order valence-corrected chi connectivity index (χ3v) is 1.78. The van der Waals surface area contributed by atoms with E-state index in [2.05, 4.69) is 11.9 Å². The molecule has 0 aromatic rings. The van der Waals surface area contributed by atoms with Crippen molar-refractivity contribution in [2.75, 3.05) is 6.54 Å². The standard InChI is InChI=1S/C9H12N2O2/c1-2-8(12)10-5-7-11-6-3-4-9(11)13/h2,5,7H,1,3-4,6H2,(H,10,12). The maximum Gasteiger partial charge on any atom is 0.247 e. The Balaban J connectivity index is 2.35. The van der Waals surface area contributed by atoms with E-state index in [9.17, 15) is 9.59 Å². The molecule has 2 amide bonds. The summed E-state index contributed by atoms with van der Waals surface area (Å²) >= 11 is 0. The molecule has 0 aromatic carbocycles. The average Bonchev–Trinajstić information content (AvgIpc) is 2.52. The Bertz CT molecular complexity index is 258. The number of hydrogen-bond donors (Lipinski definition) is 1. The monoisotopic (exact) mass is 180 g/mol. The van der Waals surface area contributed by atoms with Gasteiger partial charge in [-0.25, -0.2) is 0 Å². The van der Waals surface area contributed by atoms with E-state index in [1.807, 2.05) is 0 Å². The molecule has 4 nitrogen and oxygen atoms in total. The molecule has 0 aliphatic carbocycles. The van der Waals surface area contributed by atoms with Gasteiger partial charge in [0.25, 0.3) is 0 Å². The van der Waals surface area contributed by atoms with Gasteiger partial charge < -0.3 is 10.2 Å². The van der Waals surface area contributed by atoms with Gasteiger partial charge in [-0.2, -0.15) is 0 Å². The Hall–Kier alpha value is -1.58. The summed E-state index contributed by atoms with van der Waals surface area (Å²) in [6.45, 7) is 4.03. The highest BCUT2D eigenvalue weighted by molar-refractivity contribution is 5.87. The highest BCUT2D eigenvalue weighted by Gasteiger charge is 2.16. The van der Waals surface area contributed by atoms with Crippen LogP contribution in [0.4, 0.5) is 0 Å². The lowest BCUT2D eigenvalue weighted by molar-refractivity contribution is -0.125. The predicted molar refractivity (Wildman–Crippen MR) is 48.4 cm³/mol. The largest absolute Gasteiger partial charge is 0.328 e. The first-order valence-corrected chi connectivity index (χ1v) is 4.13. The summed E-state index contributed by atoms with van der Waals surface area (Å²) in [5.41, 5.74) is 0. The first-order chi connectivity index (χ1) is 6.24. The second-order valence-corrected chi connectivity index (χ2v) is 2.72. The number of rotatable bonds is 3. The summed E-state index contributed by atoms with van der Waals surface area (Å²) in [5.74, 6) is -0.174. The Kier molecular flexibility index (Phi) is 3.25. The average molecular weight is 180 g/mol. The highest BCUT2D eigenvalue weighted by Crippen LogP contribution is 2.08. The molecule has 0 unspecified atom stereocenters. The number of hydrogen-bond acceptors (Lipinski definition) is 2. The van der Waals surface area contributed by atoms with Gasteiger partial charge in [0.15, 0.2) is 0 Å². The van der Waals surface area contributed by atoms with E-state index in [0.29, 0.717) is 6.42 Å². The predicted octanol–water partition coefficient (Wildman–Crippen LogP) is 0.382. The summed E-state index contributed by atoms with van der Waals surface area (Å²) in [6, 6.07) is 0. The normalized spacial score (nSPS) is 16.6.